The van der Waals surface area contributed by atoms with Crippen LogP contribution in [-0.2, 0) is 6.54 Å². The number of aliphatic imine (C=N–C) groups is 2. The third-order valence-corrected chi connectivity index (χ3v) is 5.61. The maximum atomic E-state index is 10.2. The standard InChI is InChI=1S/C19H25N4.Li/c1-17(2)12-19(5)16(22-14(17)20)23-15(18(19,3)4)21-11-13-9-7-6-8-10-13;/h6-10H,11-12H2,1-5H3,(H-,20,21,22,23);/q-1;+1. The Hall–Kier alpha value is -1.37. The van der Waals surface area contributed by atoms with E-state index >= 15 is 0 Å². The molecule has 0 aliphatic carbocycles. The van der Waals surface area contributed by atoms with Gasteiger partial charge in [-0.2, -0.15) is 0 Å². The van der Waals surface area contributed by atoms with Crippen LogP contribution in [0.1, 0.15) is 46.6 Å². The third-order valence-electron chi connectivity index (χ3n) is 5.61. The summed E-state index contributed by atoms with van der Waals surface area (Å²) in [6.07, 6.45) is 0.842. The van der Waals surface area contributed by atoms with Crippen LogP contribution in [0.3, 0.4) is 0 Å². The number of benzene rings is 1. The Labute approximate surface area is 156 Å². The predicted octanol–water partition coefficient (Wildman–Crippen LogP) is 1.02. The van der Waals surface area contributed by atoms with Gasteiger partial charge in [-0.25, -0.2) is 4.99 Å². The SMILES string of the molecule is CC1(C)CC2(C)C(=NC(=NCc3ccccc3)C2(C)C)NC1=[N-].[Li+]. The maximum absolute atomic E-state index is 10.2. The van der Waals surface area contributed by atoms with Crippen LogP contribution in [0, 0.1) is 16.2 Å². The Morgan fingerprint density at radius 3 is 2.38 bits per heavy atom. The Morgan fingerprint density at radius 1 is 1.12 bits per heavy atom. The molecule has 2 aliphatic rings. The molecule has 0 spiro atoms. The van der Waals surface area contributed by atoms with Crippen molar-refractivity contribution >= 4 is 17.5 Å². The van der Waals surface area contributed by atoms with E-state index < -0.39 is 0 Å². The summed E-state index contributed by atoms with van der Waals surface area (Å²) in [5.41, 5.74) is 0.569. The largest absolute Gasteiger partial charge is 1.00 e. The zero-order valence-corrected chi connectivity index (χ0v) is 15.6. The van der Waals surface area contributed by atoms with Crippen LogP contribution >= 0.6 is 0 Å². The van der Waals surface area contributed by atoms with Gasteiger partial charge in [0.2, 0.25) is 0 Å². The van der Waals surface area contributed by atoms with Crippen LogP contribution < -0.4 is 24.2 Å². The van der Waals surface area contributed by atoms with E-state index in [9.17, 15) is 5.41 Å². The average molecular weight is 316 g/mol. The van der Waals surface area contributed by atoms with Gasteiger partial charge in [0, 0.05) is 16.7 Å². The van der Waals surface area contributed by atoms with Crippen LogP contribution in [0.15, 0.2) is 40.3 Å². The summed E-state index contributed by atoms with van der Waals surface area (Å²) in [5.74, 6) is 2.00. The minimum absolute atomic E-state index is 0. The first-order chi connectivity index (χ1) is 10.7. The molecule has 0 bridgehead atoms. The number of rotatable bonds is 2. The van der Waals surface area contributed by atoms with Gasteiger partial charge in [0.15, 0.2) is 0 Å². The third kappa shape index (κ3) is 2.87. The van der Waals surface area contributed by atoms with E-state index in [4.69, 9.17) is 9.98 Å². The number of amidine groups is 3. The van der Waals surface area contributed by atoms with Crippen molar-refractivity contribution in [1.82, 2.24) is 5.32 Å². The molecule has 1 aromatic carbocycles. The minimum atomic E-state index is -0.278. The molecule has 1 atom stereocenters. The number of hydrogen-bond donors (Lipinski definition) is 1. The zero-order valence-electron chi connectivity index (χ0n) is 15.6. The van der Waals surface area contributed by atoms with Crippen molar-refractivity contribution in [3.8, 4) is 0 Å². The molecule has 0 saturated carbocycles. The van der Waals surface area contributed by atoms with Gasteiger partial charge in [-0.1, -0.05) is 70.8 Å². The van der Waals surface area contributed by atoms with Crippen LogP contribution in [0.4, 0.5) is 0 Å². The fraction of sp³-hybridized carbons (Fsp3) is 0.526. The van der Waals surface area contributed by atoms with Crippen molar-refractivity contribution in [2.24, 2.45) is 26.2 Å². The quantitative estimate of drug-likeness (QED) is 0.814. The van der Waals surface area contributed by atoms with E-state index in [0.29, 0.717) is 12.4 Å². The second-order valence-corrected chi connectivity index (χ2v) is 8.08. The van der Waals surface area contributed by atoms with Crippen LogP contribution in [0.2, 0.25) is 0 Å². The van der Waals surface area contributed by atoms with Crippen molar-refractivity contribution in [2.45, 2.75) is 47.6 Å². The Bertz CT molecular complexity index is 703. The van der Waals surface area contributed by atoms with E-state index in [1.807, 2.05) is 18.2 Å². The van der Waals surface area contributed by atoms with Crippen molar-refractivity contribution in [3.05, 3.63) is 41.3 Å². The minimum Gasteiger partial charge on any atom is -0.468 e. The molecule has 1 saturated heterocycles. The molecular weight excluding hydrogens is 291 g/mol. The molecule has 1 N–H and O–H groups in total. The molecule has 3 rings (SSSR count). The van der Waals surface area contributed by atoms with Crippen molar-refractivity contribution < 1.29 is 18.9 Å². The molecule has 0 radical (unpaired) electrons. The summed E-state index contributed by atoms with van der Waals surface area (Å²) in [6, 6.07) is 10.2. The summed E-state index contributed by atoms with van der Waals surface area (Å²) in [6.45, 7) is 11.4. The van der Waals surface area contributed by atoms with Gasteiger partial charge in [-0.05, 0) is 17.4 Å². The van der Waals surface area contributed by atoms with Gasteiger partial charge < -0.3 is 10.7 Å². The molecule has 1 aromatic rings. The monoisotopic (exact) mass is 316 g/mol. The first-order valence-electron chi connectivity index (χ1n) is 8.18. The van der Waals surface area contributed by atoms with Gasteiger partial charge in [0.25, 0.3) is 0 Å². The maximum Gasteiger partial charge on any atom is 1.00 e. The first-order valence-corrected chi connectivity index (χ1v) is 8.18. The molecule has 5 heteroatoms. The van der Waals surface area contributed by atoms with E-state index in [2.05, 4.69) is 52.1 Å². The van der Waals surface area contributed by atoms with Gasteiger partial charge >= 0.3 is 18.9 Å². The summed E-state index contributed by atoms with van der Waals surface area (Å²) < 4.78 is 0. The molecule has 1 fully saturated rings. The molecule has 2 heterocycles. The number of nitrogens with zero attached hydrogens (tertiary/aromatic N) is 3. The molecular formula is C19H25LiN4. The van der Waals surface area contributed by atoms with Gasteiger partial charge in [0.1, 0.15) is 5.84 Å². The summed E-state index contributed by atoms with van der Waals surface area (Å²) in [7, 11) is 0. The average Bonchev–Trinajstić information content (AvgIpc) is 2.66. The zero-order chi connectivity index (χ0) is 16.9. The first kappa shape index (κ1) is 19.0. The summed E-state index contributed by atoms with van der Waals surface area (Å²) >= 11 is 0. The summed E-state index contributed by atoms with van der Waals surface area (Å²) in [5, 5.41) is 13.4. The summed E-state index contributed by atoms with van der Waals surface area (Å²) in [4.78, 5) is 9.53. The molecule has 24 heavy (non-hydrogen) atoms. The predicted molar refractivity (Wildman–Crippen MR) is 96.8 cm³/mol. The van der Waals surface area contributed by atoms with E-state index in [1.54, 1.807) is 0 Å². The number of piperidine rings is 1. The van der Waals surface area contributed by atoms with Crippen LogP contribution in [0.25, 0.3) is 5.41 Å². The van der Waals surface area contributed by atoms with Crippen molar-refractivity contribution in [1.29, 1.82) is 0 Å². The Morgan fingerprint density at radius 2 is 1.75 bits per heavy atom. The molecule has 0 amide bonds. The second-order valence-electron chi connectivity index (χ2n) is 8.08. The Balaban J connectivity index is 0.00000208. The van der Waals surface area contributed by atoms with Gasteiger partial charge in [0.05, 0.1) is 6.54 Å². The van der Waals surface area contributed by atoms with E-state index in [0.717, 1.165) is 18.1 Å². The fourth-order valence-electron chi connectivity index (χ4n) is 3.61. The van der Waals surface area contributed by atoms with Gasteiger partial charge in [-0.15, -0.1) is 0 Å². The van der Waals surface area contributed by atoms with E-state index in [1.165, 1.54) is 5.56 Å². The topological polar surface area (TPSA) is 59.0 Å². The molecule has 122 valence electrons. The second kappa shape index (κ2) is 6.17. The van der Waals surface area contributed by atoms with Gasteiger partial charge in [-0.3, -0.25) is 4.99 Å². The normalized spacial score (nSPS) is 28.6. The smallest absolute Gasteiger partial charge is 0.468 e. The van der Waals surface area contributed by atoms with Crippen LogP contribution in [-0.4, -0.2) is 17.5 Å². The molecule has 2 aliphatic heterocycles. The molecule has 0 aromatic heterocycles. The fourth-order valence-corrected chi connectivity index (χ4v) is 3.61. The number of fused-ring (bicyclic) bond motifs is 1. The Kier molecular flexibility index (Phi) is 4.87. The molecule has 4 nitrogen and oxygen atoms in total. The van der Waals surface area contributed by atoms with E-state index in [-0.39, 0.29) is 35.1 Å². The number of hydrogen-bond acceptors (Lipinski definition) is 1. The molecule has 1 unspecified atom stereocenters. The number of nitrogens with one attached hydrogen (secondary N) is 1. The van der Waals surface area contributed by atoms with Crippen LogP contribution in [0.5, 0.6) is 0 Å². The van der Waals surface area contributed by atoms with Crippen molar-refractivity contribution in [3.63, 3.8) is 0 Å². The van der Waals surface area contributed by atoms with Crippen molar-refractivity contribution in [2.75, 3.05) is 0 Å².